The van der Waals surface area contributed by atoms with E-state index in [1.165, 1.54) is 10.9 Å². The SMILES string of the molecule is COc1ccc2c(CCNc3ccc(Nc4ccnc5ccccc45)cc3)c[nH]c2c1. The lowest BCUT2D eigenvalue weighted by Gasteiger charge is -2.11. The van der Waals surface area contributed by atoms with Crippen molar-refractivity contribution in [3.63, 3.8) is 0 Å². The highest BCUT2D eigenvalue weighted by Gasteiger charge is 2.05. The number of ether oxygens (including phenoxy) is 1. The van der Waals surface area contributed by atoms with Gasteiger partial charge in [0.15, 0.2) is 0 Å². The Balaban J connectivity index is 1.22. The summed E-state index contributed by atoms with van der Waals surface area (Å²) in [7, 11) is 1.69. The number of methoxy groups -OCH3 is 1. The van der Waals surface area contributed by atoms with E-state index in [4.69, 9.17) is 4.74 Å². The number of anilines is 3. The molecule has 31 heavy (non-hydrogen) atoms. The van der Waals surface area contributed by atoms with Crippen molar-refractivity contribution >= 4 is 38.9 Å². The summed E-state index contributed by atoms with van der Waals surface area (Å²) in [5.74, 6) is 0.868. The number of H-pyrrole nitrogens is 1. The Morgan fingerprint density at radius 3 is 2.61 bits per heavy atom. The number of aromatic nitrogens is 2. The number of para-hydroxylation sites is 1. The van der Waals surface area contributed by atoms with Crippen LogP contribution in [0.15, 0.2) is 85.2 Å². The Kier molecular flexibility index (Phi) is 5.15. The second-order valence-electron chi connectivity index (χ2n) is 7.48. The fraction of sp³-hybridized carbons (Fsp3) is 0.115. The molecule has 2 aromatic heterocycles. The van der Waals surface area contributed by atoms with Gasteiger partial charge in [0.25, 0.3) is 0 Å². The average molecular weight is 409 g/mol. The highest BCUT2D eigenvalue weighted by molar-refractivity contribution is 5.92. The molecule has 5 heteroatoms. The van der Waals surface area contributed by atoms with E-state index in [9.17, 15) is 0 Å². The van der Waals surface area contributed by atoms with Crippen molar-refractivity contribution < 1.29 is 4.74 Å². The molecular formula is C26H24N4O. The Bertz CT molecular complexity index is 1320. The number of nitrogens with zero attached hydrogens (tertiary/aromatic N) is 1. The van der Waals surface area contributed by atoms with E-state index < -0.39 is 0 Å². The van der Waals surface area contributed by atoms with Gasteiger partial charge in [-0.3, -0.25) is 4.98 Å². The number of aromatic amines is 1. The molecule has 5 nitrogen and oxygen atoms in total. The summed E-state index contributed by atoms with van der Waals surface area (Å²) in [5.41, 5.74) is 6.60. The number of benzene rings is 3. The van der Waals surface area contributed by atoms with Crippen molar-refractivity contribution in [1.29, 1.82) is 0 Å². The van der Waals surface area contributed by atoms with Gasteiger partial charge in [0.05, 0.1) is 12.6 Å². The van der Waals surface area contributed by atoms with Crippen LogP contribution in [0.1, 0.15) is 5.56 Å². The van der Waals surface area contributed by atoms with Gasteiger partial charge >= 0.3 is 0 Å². The fourth-order valence-electron chi connectivity index (χ4n) is 3.87. The number of rotatable bonds is 7. The number of fused-ring (bicyclic) bond motifs is 2. The Morgan fingerprint density at radius 1 is 0.903 bits per heavy atom. The zero-order chi connectivity index (χ0) is 21.0. The fourth-order valence-corrected chi connectivity index (χ4v) is 3.87. The first-order chi connectivity index (χ1) is 15.3. The van der Waals surface area contributed by atoms with E-state index in [0.717, 1.165) is 52.2 Å². The van der Waals surface area contributed by atoms with Crippen molar-refractivity contribution in [2.45, 2.75) is 6.42 Å². The molecular weight excluding hydrogens is 384 g/mol. The molecule has 0 aliphatic rings. The van der Waals surface area contributed by atoms with Crippen LogP contribution in [0, 0.1) is 0 Å². The maximum atomic E-state index is 5.30. The quantitative estimate of drug-likeness (QED) is 0.303. The van der Waals surface area contributed by atoms with Gasteiger partial charge in [0.1, 0.15) is 5.75 Å². The first-order valence-electron chi connectivity index (χ1n) is 10.4. The van der Waals surface area contributed by atoms with Crippen LogP contribution < -0.4 is 15.4 Å². The number of pyridine rings is 1. The predicted molar refractivity (Wildman–Crippen MR) is 129 cm³/mol. The molecule has 0 amide bonds. The Morgan fingerprint density at radius 2 is 1.74 bits per heavy atom. The lowest BCUT2D eigenvalue weighted by molar-refractivity contribution is 0.415. The lowest BCUT2D eigenvalue weighted by atomic mass is 10.1. The van der Waals surface area contributed by atoms with E-state index in [0.29, 0.717) is 0 Å². The van der Waals surface area contributed by atoms with Gasteiger partial charge in [-0.25, -0.2) is 0 Å². The van der Waals surface area contributed by atoms with Crippen LogP contribution in [0.5, 0.6) is 5.75 Å². The monoisotopic (exact) mass is 408 g/mol. The number of nitrogens with one attached hydrogen (secondary N) is 3. The molecule has 3 aromatic carbocycles. The van der Waals surface area contributed by atoms with E-state index in [1.54, 1.807) is 7.11 Å². The van der Waals surface area contributed by atoms with Crippen LogP contribution in [-0.2, 0) is 6.42 Å². The highest BCUT2D eigenvalue weighted by atomic mass is 16.5. The molecule has 5 rings (SSSR count). The highest BCUT2D eigenvalue weighted by Crippen LogP contribution is 2.26. The minimum Gasteiger partial charge on any atom is -0.497 e. The van der Waals surface area contributed by atoms with Crippen LogP contribution in [-0.4, -0.2) is 23.6 Å². The van der Waals surface area contributed by atoms with Crippen LogP contribution in [0.2, 0.25) is 0 Å². The molecule has 0 fully saturated rings. The van der Waals surface area contributed by atoms with Gasteiger partial charge in [-0.15, -0.1) is 0 Å². The molecule has 0 saturated carbocycles. The van der Waals surface area contributed by atoms with Crippen LogP contribution in [0.4, 0.5) is 17.1 Å². The maximum absolute atomic E-state index is 5.30. The molecule has 0 aliphatic heterocycles. The molecule has 2 heterocycles. The first-order valence-corrected chi connectivity index (χ1v) is 10.4. The van der Waals surface area contributed by atoms with Crippen molar-refractivity contribution in [3.05, 3.63) is 90.8 Å². The molecule has 154 valence electrons. The molecule has 0 aliphatic carbocycles. The summed E-state index contributed by atoms with van der Waals surface area (Å²) in [5, 5.41) is 9.37. The molecule has 5 aromatic rings. The number of hydrogen-bond acceptors (Lipinski definition) is 4. The number of hydrogen-bond donors (Lipinski definition) is 3. The molecule has 0 atom stereocenters. The third kappa shape index (κ3) is 4.03. The Hall–Kier alpha value is -3.99. The second kappa shape index (κ2) is 8.40. The third-order valence-electron chi connectivity index (χ3n) is 5.51. The smallest absolute Gasteiger partial charge is 0.120 e. The van der Waals surface area contributed by atoms with Gasteiger partial charge in [-0.1, -0.05) is 18.2 Å². The molecule has 0 saturated heterocycles. The topological polar surface area (TPSA) is 62.0 Å². The van der Waals surface area contributed by atoms with E-state index in [2.05, 4.69) is 63.2 Å². The lowest BCUT2D eigenvalue weighted by Crippen LogP contribution is -2.04. The van der Waals surface area contributed by atoms with Gasteiger partial charge in [-0.05, 0) is 60.5 Å². The standard InChI is InChI=1S/C26H24N4O/c1-31-21-10-11-22-18(17-29-26(22)16-21)12-14-27-19-6-8-20(9-7-19)30-25-13-15-28-24-5-3-2-4-23(24)25/h2-11,13,15-17,27,29H,12,14H2,1H3,(H,28,30). The van der Waals surface area contributed by atoms with Crippen molar-refractivity contribution in [3.8, 4) is 5.75 Å². The maximum Gasteiger partial charge on any atom is 0.120 e. The zero-order valence-corrected chi connectivity index (χ0v) is 17.4. The summed E-state index contributed by atoms with van der Waals surface area (Å²) >= 11 is 0. The van der Waals surface area contributed by atoms with Crippen molar-refractivity contribution in [2.24, 2.45) is 0 Å². The van der Waals surface area contributed by atoms with E-state index in [1.807, 2.05) is 42.6 Å². The van der Waals surface area contributed by atoms with Gasteiger partial charge < -0.3 is 20.4 Å². The van der Waals surface area contributed by atoms with E-state index in [-0.39, 0.29) is 0 Å². The molecule has 0 unspecified atom stereocenters. The average Bonchev–Trinajstić information content (AvgIpc) is 3.22. The zero-order valence-electron chi connectivity index (χ0n) is 17.4. The molecule has 0 spiro atoms. The summed E-state index contributed by atoms with van der Waals surface area (Å²) < 4.78 is 5.30. The van der Waals surface area contributed by atoms with E-state index >= 15 is 0 Å². The predicted octanol–water partition coefficient (Wildman–Crippen LogP) is 6.12. The normalized spacial score (nSPS) is 11.0. The van der Waals surface area contributed by atoms with Gasteiger partial charge in [-0.2, -0.15) is 0 Å². The summed E-state index contributed by atoms with van der Waals surface area (Å²) in [6.07, 6.45) is 4.86. The van der Waals surface area contributed by atoms with Gasteiger partial charge in [0.2, 0.25) is 0 Å². The second-order valence-corrected chi connectivity index (χ2v) is 7.48. The van der Waals surface area contributed by atoms with Gasteiger partial charge in [0, 0.05) is 58.4 Å². The summed E-state index contributed by atoms with van der Waals surface area (Å²) in [6.45, 7) is 0.862. The van der Waals surface area contributed by atoms with Crippen molar-refractivity contribution in [2.75, 3.05) is 24.3 Å². The van der Waals surface area contributed by atoms with Crippen LogP contribution in [0.3, 0.4) is 0 Å². The van der Waals surface area contributed by atoms with Crippen LogP contribution >= 0.6 is 0 Å². The minimum absolute atomic E-state index is 0.862. The summed E-state index contributed by atoms with van der Waals surface area (Å²) in [6, 6.07) is 24.7. The Labute approximate surface area is 181 Å². The largest absolute Gasteiger partial charge is 0.497 e. The van der Waals surface area contributed by atoms with Crippen molar-refractivity contribution in [1.82, 2.24) is 9.97 Å². The summed E-state index contributed by atoms with van der Waals surface area (Å²) in [4.78, 5) is 7.76. The molecule has 0 radical (unpaired) electrons. The minimum atomic E-state index is 0.862. The molecule has 3 N–H and O–H groups in total. The van der Waals surface area contributed by atoms with Crippen LogP contribution in [0.25, 0.3) is 21.8 Å². The molecule has 0 bridgehead atoms. The third-order valence-corrected chi connectivity index (χ3v) is 5.51. The first kappa shape index (κ1) is 19.0.